The van der Waals surface area contributed by atoms with E-state index in [1.165, 1.54) is 32.5 Å². The zero-order chi connectivity index (χ0) is 11.1. The average Bonchev–Trinajstić information content (AvgIpc) is 2.29. The van der Waals surface area contributed by atoms with Crippen molar-refractivity contribution in [2.45, 2.75) is 32.8 Å². The van der Waals surface area contributed by atoms with E-state index < -0.39 is 0 Å². The van der Waals surface area contributed by atoms with Crippen LogP contribution in [-0.4, -0.2) is 50.8 Å². The van der Waals surface area contributed by atoms with Gasteiger partial charge >= 0.3 is 0 Å². The second-order valence-corrected chi connectivity index (χ2v) is 4.58. The number of methoxy groups -OCH3 is 1. The van der Waals surface area contributed by atoms with E-state index in [0.29, 0.717) is 6.10 Å². The first kappa shape index (κ1) is 12.9. The minimum absolute atomic E-state index is 0.334. The fourth-order valence-electron chi connectivity index (χ4n) is 2.08. The molecule has 90 valence electrons. The van der Waals surface area contributed by atoms with Gasteiger partial charge in [-0.2, -0.15) is 0 Å². The maximum absolute atomic E-state index is 5.20. The number of ether oxygens (including phenoxy) is 1. The van der Waals surface area contributed by atoms with Crippen molar-refractivity contribution in [3.63, 3.8) is 0 Å². The van der Waals surface area contributed by atoms with Gasteiger partial charge in [-0.15, -0.1) is 0 Å². The average molecular weight is 214 g/mol. The van der Waals surface area contributed by atoms with Crippen molar-refractivity contribution in [3.8, 4) is 0 Å². The first-order valence-corrected chi connectivity index (χ1v) is 6.22. The zero-order valence-electron chi connectivity index (χ0n) is 10.5. The third-order valence-electron chi connectivity index (χ3n) is 3.42. The molecule has 0 aromatic heterocycles. The molecule has 1 heterocycles. The maximum Gasteiger partial charge on any atom is 0.0667 e. The molecule has 0 spiro atoms. The van der Waals surface area contributed by atoms with Crippen LogP contribution in [0.3, 0.4) is 0 Å². The van der Waals surface area contributed by atoms with E-state index in [0.717, 1.165) is 19.0 Å². The Morgan fingerprint density at radius 1 is 1.40 bits per heavy atom. The molecular formula is C12H26N2O. The number of nitrogens with one attached hydrogen (secondary N) is 1. The molecule has 1 aliphatic heterocycles. The summed E-state index contributed by atoms with van der Waals surface area (Å²) >= 11 is 0. The molecule has 0 bridgehead atoms. The molecule has 0 radical (unpaired) electrons. The lowest BCUT2D eigenvalue weighted by Gasteiger charge is -2.31. The van der Waals surface area contributed by atoms with Crippen molar-refractivity contribution in [3.05, 3.63) is 0 Å². The third kappa shape index (κ3) is 4.96. The molecule has 3 nitrogen and oxygen atoms in total. The molecule has 1 fully saturated rings. The first-order chi connectivity index (χ1) is 7.26. The van der Waals surface area contributed by atoms with E-state index in [9.17, 15) is 0 Å². The van der Waals surface area contributed by atoms with Crippen LogP contribution in [0.1, 0.15) is 26.7 Å². The minimum atomic E-state index is 0.334. The smallest absolute Gasteiger partial charge is 0.0667 e. The van der Waals surface area contributed by atoms with Crippen molar-refractivity contribution in [1.29, 1.82) is 0 Å². The molecule has 1 unspecified atom stereocenters. The van der Waals surface area contributed by atoms with Crippen LogP contribution in [0.2, 0.25) is 0 Å². The molecule has 0 aliphatic carbocycles. The predicted octanol–water partition coefficient (Wildman–Crippen LogP) is 1.34. The van der Waals surface area contributed by atoms with Crippen LogP contribution in [0.5, 0.6) is 0 Å². The van der Waals surface area contributed by atoms with Crippen molar-refractivity contribution in [1.82, 2.24) is 10.2 Å². The van der Waals surface area contributed by atoms with Crippen molar-refractivity contribution in [2.75, 3.05) is 39.8 Å². The fourth-order valence-corrected chi connectivity index (χ4v) is 2.08. The SMILES string of the molecule is CCN1CCC(CNCC(C)OC)CC1. The second-order valence-electron chi connectivity index (χ2n) is 4.58. The molecule has 15 heavy (non-hydrogen) atoms. The minimum Gasteiger partial charge on any atom is -0.380 e. The lowest BCUT2D eigenvalue weighted by Crippen LogP contribution is -2.38. The van der Waals surface area contributed by atoms with Crippen LogP contribution in [0.15, 0.2) is 0 Å². The van der Waals surface area contributed by atoms with Crippen LogP contribution >= 0.6 is 0 Å². The van der Waals surface area contributed by atoms with Gasteiger partial charge in [0.25, 0.3) is 0 Å². The molecule has 1 N–H and O–H groups in total. The third-order valence-corrected chi connectivity index (χ3v) is 3.42. The standard InChI is InChI=1S/C12H26N2O/c1-4-14-7-5-12(6-8-14)10-13-9-11(2)15-3/h11-13H,4-10H2,1-3H3. The lowest BCUT2D eigenvalue weighted by atomic mass is 9.97. The summed E-state index contributed by atoms with van der Waals surface area (Å²) in [5.41, 5.74) is 0. The van der Waals surface area contributed by atoms with E-state index in [1.54, 1.807) is 7.11 Å². The van der Waals surface area contributed by atoms with Gasteiger partial charge in [-0.05, 0) is 51.9 Å². The zero-order valence-corrected chi connectivity index (χ0v) is 10.5. The molecule has 1 aliphatic rings. The Hall–Kier alpha value is -0.120. The Labute approximate surface area is 94.2 Å². The van der Waals surface area contributed by atoms with Gasteiger partial charge in [-0.25, -0.2) is 0 Å². The van der Waals surface area contributed by atoms with E-state index in [-0.39, 0.29) is 0 Å². The van der Waals surface area contributed by atoms with Gasteiger partial charge in [-0.1, -0.05) is 6.92 Å². The fraction of sp³-hybridized carbons (Fsp3) is 1.00. The van der Waals surface area contributed by atoms with Gasteiger partial charge in [0.2, 0.25) is 0 Å². The van der Waals surface area contributed by atoms with Crippen LogP contribution in [0, 0.1) is 5.92 Å². The summed E-state index contributed by atoms with van der Waals surface area (Å²) in [5, 5.41) is 3.50. The quantitative estimate of drug-likeness (QED) is 0.722. The molecule has 0 amide bonds. The topological polar surface area (TPSA) is 24.5 Å². The van der Waals surface area contributed by atoms with Gasteiger partial charge in [0.1, 0.15) is 0 Å². The summed E-state index contributed by atoms with van der Waals surface area (Å²) in [4.78, 5) is 2.54. The van der Waals surface area contributed by atoms with E-state index in [4.69, 9.17) is 4.74 Å². The Bertz CT molecular complexity index is 156. The van der Waals surface area contributed by atoms with Crippen LogP contribution in [-0.2, 0) is 4.74 Å². The highest BCUT2D eigenvalue weighted by Gasteiger charge is 2.17. The van der Waals surface area contributed by atoms with Crippen LogP contribution < -0.4 is 5.32 Å². The second kappa shape index (κ2) is 7.20. The van der Waals surface area contributed by atoms with E-state index >= 15 is 0 Å². The van der Waals surface area contributed by atoms with Crippen molar-refractivity contribution in [2.24, 2.45) is 5.92 Å². The Morgan fingerprint density at radius 2 is 2.07 bits per heavy atom. The molecule has 3 heteroatoms. The molecule has 0 aromatic rings. The summed E-state index contributed by atoms with van der Waals surface area (Å²) in [6.07, 6.45) is 3.03. The van der Waals surface area contributed by atoms with Gasteiger partial charge in [-0.3, -0.25) is 0 Å². The number of nitrogens with zero attached hydrogens (tertiary/aromatic N) is 1. The predicted molar refractivity (Wildman–Crippen MR) is 64.2 cm³/mol. The maximum atomic E-state index is 5.20. The highest BCUT2D eigenvalue weighted by Crippen LogP contribution is 2.15. The van der Waals surface area contributed by atoms with E-state index in [2.05, 4.69) is 24.1 Å². The largest absolute Gasteiger partial charge is 0.380 e. The number of rotatable bonds is 6. The molecule has 1 saturated heterocycles. The number of hydrogen-bond acceptors (Lipinski definition) is 3. The number of piperidine rings is 1. The van der Waals surface area contributed by atoms with Crippen LogP contribution in [0.25, 0.3) is 0 Å². The summed E-state index contributed by atoms with van der Waals surface area (Å²) in [6.45, 7) is 10.3. The van der Waals surface area contributed by atoms with Gasteiger partial charge in [0, 0.05) is 13.7 Å². The van der Waals surface area contributed by atoms with Gasteiger partial charge in [0.15, 0.2) is 0 Å². The van der Waals surface area contributed by atoms with Gasteiger partial charge < -0.3 is 15.0 Å². The number of likely N-dealkylation sites (tertiary alicyclic amines) is 1. The highest BCUT2D eigenvalue weighted by atomic mass is 16.5. The molecule has 1 rings (SSSR count). The number of hydrogen-bond donors (Lipinski definition) is 1. The van der Waals surface area contributed by atoms with Gasteiger partial charge in [0.05, 0.1) is 6.10 Å². The molecule has 0 aromatic carbocycles. The lowest BCUT2D eigenvalue weighted by molar-refractivity contribution is 0.113. The van der Waals surface area contributed by atoms with Crippen molar-refractivity contribution < 1.29 is 4.74 Å². The summed E-state index contributed by atoms with van der Waals surface area (Å²) in [5.74, 6) is 0.872. The Morgan fingerprint density at radius 3 is 2.60 bits per heavy atom. The van der Waals surface area contributed by atoms with Crippen molar-refractivity contribution >= 4 is 0 Å². The molecule has 0 saturated carbocycles. The normalized spacial score (nSPS) is 21.8. The Balaban J connectivity index is 2.03. The van der Waals surface area contributed by atoms with E-state index in [1.807, 2.05) is 0 Å². The Kier molecular flexibility index (Phi) is 6.22. The highest BCUT2D eigenvalue weighted by molar-refractivity contribution is 4.73. The monoisotopic (exact) mass is 214 g/mol. The molecule has 1 atom stereocenters. The summed E-state index contributed by atoms with van der Waals surface area (Å²) in [7, 11) is 1.77. The summed E-state index contributed by atoms with van der Waals surface area (Å²) in [6, 6.07) is 0. The summed E-state index contributed by atoms with van der Waals surface area (Å²) < 4.78 is 5.20. The first-order valence-electron chi connectivity index (χ1n) is 6.22. The molecular weight excluding hydrogens is 188 g/mol. The van der Waals surface area contributed by atoms with Crippen LogP contribution in [0.4, 0.5) is 0 Å².